The molecule has 0 spiro atoms. The highest BCUT2D eigenvalue weighted by molar-refractivity contribution is 7.51. The Balaban J connectivity index is 3.65. The minimum atomic E-state index is -4.36. The van der Waals surface area contributed by atoms with Gasteiger partial charge < -0.3 is 19.6 Å². The van der Waals surface area contributed by atoms with Crippen molar-refractivity contribution < 1.29 is 33.8 Å². The van der Waals surface area contributed by atoms with E-state index in [1.165, 1.54) is 0 Å². The first-order chi connectivity index (χ1) is 5.81. The number of carbonyl (C=O) groups excluding carboxylic acids is 1. The summed E-state index contributed by atoms with van der Waals surface area (Å²) in [6, 6.07) is 0. The number of carboxylic acid groups (broad SMARTS) is 1. The number of esters is 1. The van der Waals surface area contributed by atoms with Crippen molar-refractivity contribution in [1.29, 1.82) is 0 Å². The van der Waals surface area contributed by atoms with Crippen molar-refractivity contribution in [2.45, 2.75) is 12.8 Å². The molecule has 0 aliphatic rings. The Morgan fingerprint density at radius 1 is 1.23 bits per heavy atom. The third kappa shape index (κ3) is 9.00. The van der Waals surface area contributed by atoms with Gasteiger partial charge in [-0.05, 0) is 0 Å². The molecule has 8 heteroatoms. The van der Waals surface area contributed by atoms with Gasteiger partial charge in [-0.3, -0.25) is 14.2 Å². The average Bonchev–Trinajstić information content (AvgIpc) is 1.95. The molecule has 0 fully saturated rings. The first-order valence-electron chi connectivity index (χ1n) is 3.23. The second-order valence-corrected chi connectivity index (χ2v) is 3.79. The van der Waals surface area contributed by atoms with Gasteiger partial charge in [-0.1, -0.05) is 0 Å². The number of carbonyl (C=O) groups is 2. The van der Waals surface area contributed by atoms with Crippen LogP contribution in [0.25, 0.3) is 0 Å². The van der Waals surface area contributed by atoms with Gasteiger partial charge in [0.1, 0.15) is 0 Å². The standard InChI is InChI=1S/C5H9O7P/c6-4(7)1-2-5(8)12-3-13(9,10)11/h1-3H2,(H,6,7)(H2,9,10,11). The molecule has 0 radical (unpaired) electrons. The number of rotatable bonds is 5. The number of hydrogen-bond donors (Lipinski definition) is 3. The van der Waals surface area contributed by atoms with Crippen LogP contribution in [0.2, 0.25) is 0 Å². The van der Waals surface area contributed by atoms with Crippen molar-refractivity contribution in [3.8, 4) is 0 Å². The lowest BCUT2D eigenvalue weighted by Crippen LogP contribution is -2.08. The second kappa shape index (κ2) is 4.96. The van der Waals surface area contributed by atoms with Crippen molar-refractivity contribution >= 4 is 19.5 Å². The first kappa shape index (κ1) is 12.1. The third-order valence-corrected chi connectivity index (χ3v) is 1.40. The molecule has 3 N–H and O–H groups in total. The SMILES string of the molecule is O=C(O)CCC(=O)OCP(=O)(O)O. The van der Waals surface area contributed by atoms with E-state index in [4.69, 9.17) is 14.9 Å². The highest BCUT2D eigenvalue weighted by Crippen LogP contribution is 2.33. The fourth-order valence-corrected chi connectivity index (χ4v) is 0.749. The molecule has 0 atom stereocenters. The van der Waals surface area contributed by atoms with E-state index in [0.717, 1.165) is 0 Å². The molecule has 0 unspecified atom stereocenters. The lowest BCUT2D eigenvalue weighted by Gasteiger charge is -2.04. The van der Waals surface area contributed by atoms with Gasteiger partial charge >= 0.3 is 19.5 Å². The van der Waals surface area contributed by atoms with E-state index in [0.29, 0.717) is 0 Å². The predicted molar refractivity (Wildman–Crippen MR) is 39.9 cm³/mol. The van der Waals surface area contributed by atoms with Gasteiger partial charge in [0.05, 0.1) is 12.8 Å². The van der Waals surface area contributed by atoms with Crippen LogP contribution in [0.5, 0.6) is 0 Å². The zero-order valence-electron chi connectivity index (χ0n) is 6.54. The van der Waals surface area contributed by atoms with E-state index >= 15 is 0 Å². The molecule has 0 bridgehead atoms. The predicted octanol–water partition coefficient (Wildman–Crippen LogP) is -0.470. The van der Waals surface area contributed by atoms with Gasteiger partial charge in [0.2, 0.25) is 0 Å². The average molecular weight is 212 g/mol. The maximum atomic E-state index is 10.6. The van der Waals surface area contributed by atoms with Crippen molar-refractivity contribution in [2.75, 3.05) is 6.35 Å². The van der Waals surface area contributed by atoms with E-state index in [1.54, 1.807) is 0 Å². The van der Waals surface area contributed by atoms with Crippen LogP contribution in [0.1, 0.15) is 12.8 Å². The summed E-state index contributed by atoms with van der Waals surface area (Å²) in [5.41, 5.74) is 0. The summed E-state index contributed by atoms with van der Waals surface area (Å²) < 4.78 is 14.3. The second-order valence-electron chi connectivity index (χ2n) is 2.20. The Hall–Kier alpha value is -0.910. The zero-order valence-corrected chi connectivity index (χ0v) is 7.44. The summed E-state index contributed by atoms with van der Waals surface area (Å²) in [4.78, 5) is 37.0. The number of hydrogen-bond acceptors (Lipinski definition) is 4. The molecule has 0 aromatic carbocycles. The zero-order chi connectivity index (χ0) is 10.5. The fraction of sp³-hybridized carbons (Fsp3) is 0.600. The van der Waals surface area contributed by atoms with E-state index in [9.17, 15) is 14.2 Å². The van der Waals surface area contributed by atoms with Crippen LogP contribution in [-0.4, -0.2) is 33.2 Å². The van der Waals surface area contributed by atoms with Crippen LogP contribution >= 0.6 is 7.60 Å². The first-order valence-corrected chi connectivity index (χ1v) is 5.03. The summed E-state index contributed by atoms with van der Waals surface area (Å²) in [5.74, 6) is -2.11. The van der Waals surface area contributed by atoms with Crippen LogP contribution < -0.4 is 0 Å². The van der Waals surface area contributed by atoms with Crippen LogP contribution in [0.15, 0.2) is 0 Å². The van der Waals surface area contributed by atoms with Crippen molar-refractivity contribution in [2.24, 2.45) is 0 Å². The van der Waals surface area contributed by atoms with Gasteiger partial charge in [0, 0.05) is 0 Å². The van der Waals surface area contributed by atoms with Crippen molar-refractivity contribution in [3.05, 3.63) is 0 Å². The summed E-state index contributed by atoms with van der Waals surface area (Å²) in [7, 11) is -4.36. The third-order valence-electron chi connectivity index (χ3n) is 0.937. The van der Waals surface area contributed by atoms with Crippen LogP contribution in [0, 0.1) is 0 Å². The highest BCUT2D eigenvalue weighted by Gasteiger charge is 2.16. The minimum absolute atomic E-state index is 0.394. The largest absolute Gasteiger partial charge is 0.481 e. The molecule has 0 saturated carbocycles. The molecular weight excluding hydrogens is 203 g/mol. The van der Waals surface area contributed by atoms with E-state index in [2.05, 4.69) is 4.74 Å². The molecule has 0 aliphatic carbocycles. The van der Waals surface area contributed by atoms with Crippen LogP contribution in [0.3, 0.4) is 0 Å². The smallest absolute Gasteiger partial charge is 0.362 e. The van der Waals surface area contributed by atoms with E-state index < -0.39 is 38.7 Å². The van der Waals surface area contributed by atoms with E-state index in [-0.39, 0.29) is 0 Å². The lowest BCUT2D eigenvalue weighted by molar-refractivity contribution is -0.146. The Morgan fingerprint density at radius 3 is 2.15 bits per heavy atom. The Labute approximate surface area is 73.5 Å². The number of ether oxygens (including phenoxy) is 1. The van der Waals surface area contributed by atoms with Gasteiger partial charge in [-0.2, -0.15) is 0 Å². The van der Waals surface area contributed by atoms with Crippen molar-refractivity contribution in [1.82, 2.24) is 0 Å². The number of carboxylic acids is 1. The monoisotopic (exact) mass is 212 g/mol. The Morgan fingerprint density at radius 2 is 1.77 bits per heavy atom. The molecule has 0 rings (SSSR count). The molecular formula is C5H9O7P. The topological polar surface area (TPSA) is 121 Å². The number of aliphatic carboxylic acids is 1. The molecule has 0 aromatic heterocycles. The summed E-state index contributed by atoms with van der Waals surface area (Å²) in [5, 5.41) is 8.13. The molecule has 0 saturated heterocycles. The van der Waals surface area contributed by atoms with Crippen molar-refractivity contribution in [3.63, 3.8) is 0 Å². The maximum absolute atomic E-state index is 10.6. The summed E-state index contributed by atoms with van der Waals surface area (Å²) >= 11 is 0. The Kier molecular flexibility index (Phi) is 4.61. The summed E-state index contributed by atoms with van der Waals surface area (Å²) in [6.07, 6.45) is -1.82. The van der Waals surface area contributed by atoms with Gasteiger partial charge in [0.25, 0.3) is 0 Å². The molecule has 13 heavy (non-hydrogen) atoms. The quantitative estimate of drug-likeness (QED) is 0.416. The van der Waals surface area contributed by atoms with Gasteiger partial charge in [-0.15, -0.1) is 0 Å². The maximum Gasteiger partial charge on any atom is 0.362 e. The van der Waals surface area contributed by atoms with Crippen LogP contribution in [-0.2, 0) is 18.9 Å². The molecule has 0 heterocycles. The lowest BCUT2D eigenvalue weighted by atomic mass is 10.3. The molecule has 76 valence electrons. The highest BCUT2D eigenvalue weighted by atomic mass is 31.2. The van der Waals surface area contributed by atoms with Crippen LogP contribution in [0.4, 0.5) is 0 Å². The molecule has 0 amide bonds. The van der Waals surface area contributed by atoms with Gasteiger partial charge in [-0.25, -0.2) is 0 Å². The molecule has 7 nitrogen and oxygen atoms in total. The molecule has 0 aliphatic heterocycles. The summed E-state index contributed by atoms with van der Waals surface area (Å²) in [6.45, 7) is 0. The minimum Gasteiger partial charge on any atom is -0.481 e. The normalized spacial score (nSPS) is 10.9. The fourth-order valence-electron chi connectivity index (χ4n) is 0.437. The van der Waals surface area contributed by atoms with E-state index in [1.807, 2.05) is 0 Å². The van der Waals surface area contributed by atoms with Gasteiger partial charge in [0.15, 0.2) is 6.35 Å². The Bertz CT molecular complexity index is 241. The molecule has 0 aromatic rings.